The molecule has 64 valence electrons. The summed E-state index contributed by atoms with van der Waals surface area (Å²) in [6, 6.07) is 1.51. The lowest BCUT2D eigenvalue weighted by atomic mass is 9.85. The van der Waals surface area contributed by atoms with E-state index in [4.69, 9.17) is 0 Å². The molecule has 0 saturated heterocycles. The van der Waals surface area contributed by atoms with E-state index in [1.165, 1.54) is 25.3 Å². The molecule has 0 spiro atoms. The van der Waals surface area contributed by atoms with Crippen molar-refractivity contribution in [2.24, 2.45) is 5.92 Å². The summed E-state index contributed by atoms with van der Waals surface area (Å²) in [5.41, 5.74) is 0.0666. The van der Waals surface area contributed by atoms with Crippen LogP contribution in [0.5, 0.6) is 0 Å². The lowest BCUT2D eigenvalue weighted by molar-refractivity contribution is 0.272. The van der Waals surface area contributed by atoms with E-state index in [2.05, 4.69) is 4.98 Å². The highest BCUT2D eigenvalue weighted by Crippen LogP contribution is 2.27. The van der Waals surface area contributed by atoms with Crippen LogP contribution in [-0.4, -0.2) is 9.55 Å². The van der Waals surface area contributed by atoms with E-state index < -0.39 is 0 Å². The molecule has 0 atom stereocenters. The normalized spacial score (nSPS) is 17.3. The molecule has 1 aliphatic rings. The van der Waals surface area contributed by atoms with Gasteiger partial charge in [0.05, 0.1) is 6.33 Å². The predicted molar refractivity (Wildman–Crippen MR) is 45.8 cm³/mol. The summed E-state index contributed by atoms with van der Waals surface area (Å²) < 4.78 is 1.70. The van der Waals surface area contributed by atoms with E-state index in [-0.39, 0.29) is 5.56 Å². The van der Waals surface area contributed by atoms with Crippen LogP contribution in [0.4, 0.5) is 0 Å². The number of hydrogen-bond acceptors (Lipinski definition) is 2. The first-order valence-electron chi connectivity index (χ1n) is 4.37. The van der Waals surface area contributed by atoms with Crippen molar-refractivity contribution in [3.8, 4) is 0 Å². The van der Waals surface area contributed by atoms with Gasteiger partial charge >= 0.3 is 0 Å². The molecule has 3 nitrogen and oxygen atoms in total. The monoisotopic (exact) mass is 164 g/mol. The summed E-state index contributed by atoms with van der Waals surface area (Å²) >= 11 is 0. The van der Waals surface area contributed by atoms with Crippen molar-refractivity contribution >= 4 is 0 Å². The van der Waals surface area contributed by atoms with E-state index >= 15 is 0 Å². The fourth-order valence-corrected chi connectivity index (χ4v) is 1.47. The maximum Gasteiger partial charge on any atom is 0.253 e. The molecule has 0 aromatic carbocycles. The minimum atomic E-state index is 0.0666. The Morgan fingerprint density at radius 3 is 3.00 bits per heavy atom. The van der Waals surface area contributed by atoms with Crippen LogP contribution in [0.15, 0.2) is 23.4 Å². The molecule has 0 unspecified atom stereocenters. The van der Waals surface area contributed by atoms with E-state index in [1.54, 1.807) is 17.1 Å². The minimum absolute atomic E-state index is 0.0666. The number of nitrogens with zero attached hydrogens (tertiary/aromatic N) is 2. The molecule has 1 aromatic heterocycles. The molecule has 0 amide bonds. The summed E-state index contributed by atoms with van der Waals surface area (Å²) in [4.78, 5) is 15.1. The third kappa shape index (κ3) is 1.40. The average Bonchev–Trinajstić information content (AvgIpc) is 2.00. The molecule has 0 radical (unpaired) electrons. The van der Waals surface area contributed by atoms with Crippen LogP contribution < -0.4 is 5.56 Å². The van der Waals surface area contributed by atoms with Crippen molar-refractivity contribution < 1.29 is 0 Å². The van der Waals surface area contributed by atoms with Crippen LogP contribution in [0.1, 0.15) is 19.3 Å². The molecular formula is C9H12N2O. The van der Waals surface area contributed by atoms with Gasteiger partial charge in [-0.3, -0.25) is 9.36 Å². The number of hydrogen-bond donors (Lipinski definition) is 0. The standard InChI is InChI=1S/C9H12N2O/c12-9-4-5-10-7-11(9)6-8-2-1-3-8/h4-5,7-8H,1-3,6H2. The van der Waals surface area contributed by atoms with Gasteiger partial charge in [-0.15, -0.1) is 0 Å². The second kappa shape index (κ2) is 3.09. The molecule has 0 bridgehead atoms. The molecule has 12 heavy (non-hydrogen) atoms. The minimum Gasteiger partial charge on any atom is -0.299 e. The molecular weight excluding hydrogens is 152 g/mol. The van der Waals surface area contributed by atoms with Crippen LogP contribution in [-0.2, 0) is 6.54 Å². The Balaban J connectivity index is 2.11. The van der Waals surface area contributed by atoms with Crippen LogP contribution in [0, 0.1) is 5.92 Å². The summed E-state index contributed by atoms with van der Waals surface area (Å²) in [5, 5.41) is 0. The number of aromatic nitrogens is 2. The van der Waals surface area contributed by atoms with Crippen molar-refractivity contribution in [1.29, 1.82) is 0 Å². The first-order chi connectivity index (χ1) is 5.86. The number of rotatable bonds is 2. The van der Waals surface area contributed by atoms with Crippen molar-refractivity contribution in [2.45, 2.75) is 25.8 Å². The van der Waals surface area contributed by atoms with Crippen LogP contribution in [0.2, 0.25) is 0 Å². The van der Waals surface area contributed by atoms with E-state index in [0.29, 0.717) is 5.92 Å². The second-order valence-corrected chi connectivity index (χ2v) is 3.37. The average molecular weight is 164 g/mol. The quantitative estimate of drug-likeness (QED) is 0.654. The smallest absolute Gasteiger partial charge is 0.253 e. The van der Waals surface area contributed by atoms with Crippen molar-refractivity contribution in [1.82, 2.24) is 9.55 Å². The largest absolute Gasteiger partial charge is 0.299 e. The maximum atomic E-state index is 11.2. The van der Waals surface area contributed by atoms with Gasteiger partial charge in [0.2, 0.25) is 0 Å². The van der Waals surface area contributed by atoms with Gasteiger partial charge in [-0.05, 0) is 18.8 Å². The third-order valence-electron chi connectivity index (χ3n) is 2.47. The topological polar surface area (TPSA) is 34.9 Å². The van der Waals surface area contributed by atoms with Crippen molar-refractivity contribution in [3.05, 3.63) is 28.9 Å². The first-order valence-corrected chi connectivity index (χ1v) is 4.37. The van der Waals surface area contributed by atoms with E-state index in [1.807, 2.05) is 0 Å². The van der Waals surface area contributed by atoms with Crippen molar-refractivity contribution in [2.75, 3.05) is 0 Å². The molecule has 2 rings (SSSR count). The molecule has 1 aromatic rings. The van der Waals surface area contributed by atoms with Crippen LogP contribution in [0.3, 0.4) is 0 Å². The molecule has 1 heterocycles. The fraction of sp³-hybridized carbons (Fsp3) is 0.556. The third-order valence-corrected chi connectivity index (χ3v) is 2.47. The fourth-order valence-electron chi connectivity index (χ4n) is 1.47. The zero-order valence-electron chi connectivity index (χ0n) is 6.94. The first kappa shape index (κ1) is 7.53. The predicted octanol–water partition coefficient (Wildman–Crippen LogP) is 1.04. The molecule has 0 aliphatic heterocycles. The molecule has 3 heteroatoms. The van der Waals surface area contributed by atoms with E-state index in [0.717, 1.165) is 6.54 Å². The van der Waals surface area contributed by atoms with E-state index in [9.17, 15) is 4.79 Å². The Bertz CT molecular complexity index is 314. The Labute approximate surface area is 71.1 Å². The van der Waals surface area contributed by atoms with Crippen LogP contribution in [0.25, 0.3) is 0 Å². The Morgan fingerprint density at radius 2 is 2.42 bits per heavy atom. The highest BCUT2D eigenvalue weighted by molar-refractivity contribution is 4.83. The van der Waals surface area contributed by atoms with Gasteiger partial charge in [-0.2, -0.15) is 0 Å². The lowest BCUT2D eigenvalue weighted by Crippen LogP contribution is -2.26. The summed E-state index contributed by atoms with van der Waals surface area (Å²) in [6.45, 7) is 0.854. The summed E-state index contributed by atoms with van der Waals surface area (Å²) in [5.74, 6) is 0.715. The van der Waals surface area contributed by atoms with Gasteiger partial charge in [0.25, 0.3) is 5.56 Å². The van der Waals surface area contributed by atoms with Gasteiger partial charge in [0, 0.05) is 18.8 Å². The van der Waals surface area contributed by atoms with Gasteiger partial charge in [0.15, 0.2) is 0 Å². The van der Waals surface area contributed by atoms with Gasteiger partial charge in [-0.1, -0.05) is 6.42 Å². The van der Waals surface area contributed by atoms with Gasteiger partial charge < -0.3 is 0 Å². The molecule has 0 N–H and O–H groups in total. The Morgan fingerprint density at radius 1 is 1.58 bits per heavy atom. The molecule has 1 aliphatic carbocycles. The van der Waals surface area contributed by atoms with Crippen LogP contribution >= 0.6 is 0 Å². The highest BCUT2D eigenvalue weighted by Gasteiger charge is 2.17. The summed E-state index contributed by atoms with van der Waals surface area (Å²) in [6.07, 6.45) is 7.02. The lowest BCUT2D eigenvalue weighted by Gasteiger charge is -2.25. The summed E-state index contributed by atoms with van der Waals surface area (Å²) in [7, 11) is 0. The zero-order valence-corrected chi connectivity index (χ0v) is 6.94. The second-order valence-electron chi connectivity index (χ2n) is 3.37. The highest BCUT2D eigenvalue weighted by atomic mass is 16.1. The molecule has 1 fully saturated rings. The maximum absolute atomic E-state index is 11.2. The Hall–Kier alpha value is -1.12. The van der Waals surface area contributed by atoms with Gasteiger partial charge in [-0.25, -0.2) is 4.98 Å². The Kier molecular flexibility index (Phi) is 1.94. The SMILES string of the molecule is O=c1ccncn1CC1CCC1. The zero-order chi connectivity index (χ0) is 8.39. The van der Waals surface area contributed by atoms with Gasteiger partial charge in [0.1, 0.15) is 0 Å². The molecule has 1 saturated carbocycles. The van der Waals surface area contributed by atoms with Crippen molar-refractivity contribution in [3.63, 3.8) is 0 Å².